The van der Waals surface area contributed by atoms with Gasteiger partial charge in [0.15, 0.2) is 0 Å². The van der Waals surface area contributed by atoms with Gasteiger partial charge in [0.05, 0.1) is 14.2 Å². The summed E-state index contributed by atoms with van der Waals surface area (Å²) >= 11 is 0. The van der Waals surface area contributed by atoms with Gasteiger partial charge in [-0.05, 0) is 116 Å². The highest BCUT2D eigenvalue weighted by Gasteiger charge is 2.34. The average Bonchev–Trinajstić information content (AvgIpc) is 2.96. The molecule has 4 N–H and O–H groups in total. The van der Waals surface area contributed by atoms with Crippen LogP contribution in [-0.4, -0.2) is 60.0 Å². The normalized spacial score (nSPS) is 16.5. The lowest BCUT2D eigenvalue weighted by Gasteiger charge is -2.38. The van der Waals surface area contributed by atoms with Crippen molar-refractivity contribution in [2.75, 3.05) is 60.0 Å². The zero-order valence-electron chi connectivity index (χ0n) is 33.1. The van der Waals surface area contributed by atoms with Crippen molar-refractivity contribution in [3.05, 3.63) is 51.8 Å². The summed E-state index contributed by atoms with van der Waals surface area (Å²) in [6, 6.07) is 4.62. The number of hydrogen-bond donors (Lipinski definition) is 4. The molecule has 47 heavy (non-hydrogen) atoms. The Morgan fingerprint density at radius 2 is 1.13 bits per heavy atom. The molecule has 1 atom stereocenters. The monoisotopic (exact) mass is 655 g/mol. The molecule has 0 fully saturated rings. The number of benzene rings is 1. The van der Waals surface area contributed by atoms with E-state index in [-0.39, 0.29) is 21.7 Å². The topological polar surface area (TPSA) is 66.6 Å². The van der Waals surface area contributed by atoms with Gasteiger partial charge in [-0.15, -0.1) is 0 Å². The van der Waals surface area contributed by atoms with E-state index in [0.717, 1.165) is 89.6 Å². The highest BCUT2D eigenvalue weighted by Crippen LogP contribution is 2.45. The molecule has 6 heteroatoms. The van der Waals surface area contributed by atoms with Gasteiger partial charge in [-0.2, -0.15) is 0 Å². The summed E-state index contributed by atoms with van der Waals surface area (Å²) in [5.74, 6) is 2.56. The van der Waals surface area contributed by atoms with E-state index in [1.54, 1.807) is 7.11 Å². The molecule has 270 valence electrons. The van der Waals surface area contributed by atoms with E-state index in [1.165, 1.54) is 27.8 Å². The van der Waals surface area contributed by atoms with Crippen molar-refractivity contribution in [2.24, 2.45) is 16.7 Å². The van der Waals surface area contributed by atoms with Crippen molar-refractivity contribution in [3.8, 4) is 5.75 Å². The first-order chi connectivity index (χ1) is 21.8. The van der Waals surface area contributed by atoms with Crippen LogP contribution in [0.3, 0.4) is 0 Å². The molecular formula is C41H74N4O2. The van der Waals surface area contributed by atoms with Crippen LogP contribution in [0.25, 0.3) is 0 Å². The average molecular weight is 655 g/mol. The first kappa shape index (κ1) is 41.3. The lowest BCUT2D eigenvalue weighted by Crippen LogP contribution is -2.31. The van der Waals surface area contributed by atoms with E-state index in [9.17, 15) is 0 Å². The van der Waals surface area contributed by atoms with Crippen LogP contribution in [0.5, 0.6) is 5.75 Å². The van der Waals surface area contributed by atoms with Crippen molar-refractivity contribution >= 4 is 0 Å². The van der Waals surface area contributed by atoms with Crippen LogP contribution in [0.1, 0.15) is 125 Å². The third-order valence-corrected chi connectivity index (χ3v) is 9.50. The zero-order chi connectivity index (χ0) is 35.5. The van der Waals surface area contributed by atoms with Gasteiger partial charge in [0, 0.05) is 24.2 Å². The Bertz CT molecular complexity index is 1160. The Kier molecular flexibility index (Phi) is 16.0. The van der Waals surface area contributed by atoms with Gasteiger partial charge < -0.3 is 30.7 Å². The summed E-state index contributed by atoms with van der Waals surface area (Å²) in [6.07, 6.45) is 6.85. The van der Waals surface area contributed by atoms with Gasteiger partial charge in [0.2, 0.25) is 0 Å². The van der Waals surface area contributed by atoms with E-state index in [1.807, 2.05) is 7.11 Å². The minimum atomic E-state index is 0.0582. The number of rotatable bonds is 18. The maximum atomic E-state index is 5.92. The van der Waals surface area contributed by atoms with E-state index in [0.29, 0.717) is 5.92 Å². The lowest BCUT2D eigenvalue weighted by atomic mass is 9.68. The van der Waals surface area contributed by atoms with Crippen molar-refractivity contribution in [2.45, 2.75) is 126 Å². The summed E-state index contributed by atoms with van der Waals surface area (Å²) in [7, 11) is 3.61. The molecule has 0 heterocycles. The van der Waals surface area contributed by atoms with E-state index in [2.05, 4.69) is 123 Å². The Labute approximate surface area is 290 Å². The molecule has 0 spiro atoms. The molecular weight excluding hydrogens is 580 g/mol. The van der Waals surface area contributed by atoms with Gasteiger partial charge in [0.1, 0.15) is 11.5 Å². The van der Waals surface area contributed by atoms with Crippen LogP contribution in [0.4, 0.5) is 0 Å². The number of methoxy groups -OCH3 is 2. The maximum Gasteiger partial charge on any atom is 0.123 e. The van der Waals surface area contributed by atoms with Crippen molar-refractivity contribution in [1.82, 2.24) is 21.3 Å². The van der Waals surface area contributed by atoms with Crippen LogP contribution in [-0.2, 0) is 22.1 Å². The van der Waals surface area contributed by atoms with Gasteiger partial charge in [-0.25, -0.2) is 0 Å². The second kappa shape index (κ2) is 18.2. The number of hydrogen-bond acceptors (Lipinski definition) is 6. The predicted octanol–water partition coefficient (Wildman–Crippen LogP) is 8.26. The standard InChI is InChI=1S/C41H74N4O2/c1-38(2,3)30-24-34(40(7,8)9)32(36(26-30)46-13)28-44-22-16-20-42-18-15-19-43-21-17-23-45-29-33-35(41(10,11)12)25-31(39(4,5)6)27-37(33)47-14/h24,26-27,31,42-45H,15-23,25,28-29H2,1-14H3. The third-order valence-electron chi connectivity index (χ3n) is 9.50. The highest BCUT2D eigenvalue weighted by atomic mass is 16.5. The molecule has 1 aliphatic rings. The SMILES string of the molecule is COC1=CC(C(C)(C)C)CC(C(C)(C)C)=C1CNCCCNCCCNCCCNCc1c(OC)cc(C(C)(C)C)cc1C(C)(C)C. The van der Waals surface area contributed by atoms with Gasteiger partial charge in [-0.1, -0.05) is 94.7 Å². The molecule has 0 saturated heterocycles. The van der Waals surface area contributed by atoms with Crippen LogP contribution >= 0.6 is 0 Å². The van der Waals surface area contributed by atoms with E-state index >= 15 is 0 Å². The van der Waals surface area contributed by atoms with Crippen LogP contribution in [0.15, 0.2) is 35.1 Å². The number of nitrogens with one attached hydrogen (secondary N) is 4. The van der Waals surface area contributed by atoms with E-state index < -0.39 is 0 Å². The minimum absolute atomic E-state index is 0.0582. The first-order valence-electron chi connectivity index (χ1n) is 18.3. The smallest absolute Gasteiger partial charge is 0.123 e. The van der Waals surface area contributed by atoms with Gasteiger partial charge in [-0.3, -0.25) is 0 Å². The Balaban J connectivity index is 1.63. The number of allylic oxidation sites excluding steroid dienone is 2. The fourth-order valence-corrected chi connectivity index (χ4v) is 6.34. The summed E-state index contributed by atoms with van der Waals surface area (Å²) in [5.41, 5.74) is 7.39. The Hall–Kier alpha value is -1.86. The molecule has 1 unspecified atom stereocenters. The Morgan fingerprint density at radius 3 is 1.55 bits per heavy atom. The molecule has 0 aromatic heterocycles. The van der Waals surface area contributed by atoms with Gasteiger partial charge in [0.25, 0.3) is 0 Å². The molecule has 0 aliphatic heterocycles. The lowest BCUT2D eigenvalue weighted by molar-refractivity contribution is 0.238. The van der Waals surface area contributed by atoms with Crippen molar-refractivity contribution in [3.63, 3.8) is 0 Å². The molecule has 2 rings (SSSR count). The van der Waals surface area contributed by atoms with Crippen LogP contribution in [0.2, 0.25) is 0 Å². The van der Waals surface area contributed by atoms with Crippen LogP contribution in [0, 0.1) is 16.7 Å². The third kappa shape index (κ3) is 13.5. The first-order valence-corrected chi connectivity index (χ1v) is 18.3. The second-order valence-electron chi connectivity index (χ2n) is 17.7. The minimum Gasteiger partial charge on any atom is -0.497 e. The van der Waals surface area contributed by atoms with Crippen molar-refractivity contribution < 1.29 is 9.47 Å². The van der Waals surface area contributed by atoms with Gasteiger partial charge >= 0.3 is 0 Å². The quantitative estimate of drug-likeness (QED) is 0.120. The zero-order valence-corrected chi connectivity index (χ0v) is 33.1. The predicted molar refractivity (Wildman–Crippen MR) is 204 cm³/mol. The molecule has 0 saturated carbocycles. The van der Waals surface area contributed by atoms with Crippen LogP contribution < -0.4 is 26.0 Å². The molecule has 6 nitrogen and oxygen atoms in total. The Morgan fingerprint density at radius 1 is 0.617 bits per heavy atom. The second-order valence-corrected chi connectivity index (χ2v) is 17.7. The van der Waals surface area contributed by atoms with Crippen molar-refractivity contribution in [1.29, 1.82) is 0 Å². The van der Waals surface area contributed by atoms with E-state index in [4.69, 9.17) is 9.47 Å². The fourth-order valence-electron chi connectivity index (χ4n) is 6.34. The summed E-state index contributed by atoms with van der Waals surface area (Å²) < 4.78 is 11.8. The molecule has 0 amide bonds. The largest absolute Gasteiger partial charge is 0.497 e. The summed E-state index contributed by atoms with van der Waals surface area (Å²) in [4.78, 5) is 0. The maximum absolute atomic E-state index is 5.92. The molecule has 1 aromatic carbocycles. The molecule has 1 aromatic rings. The number of ether oxygens (including phenoxy) is 2. The summed E-state index contributed by atoms with van der Waals surface area (Å²) in [6.45, 7) is 35.6. The highest BCUT2D eigenvalue weighted by molar-refractivity contribution is 5.48. The fraction of sp³-hybridized carbons (Fsp3) is 0.756. The molecule has 0 radical (unpaired) electrons. The molecule has 0 bridgehead atoms. The summed E-state index contributed by atoms with van der Waals surface area (Å²) in [5, 5.41) is 14.6. The molecule has 1 aliphatic carbocycles.